The molecule has 1 saturated heterocycles. The minimum atomic E-state index is -1.17. The lowest BCUT2D eigenvalue weighted by Crippen LogP contribution is -2.75. The predicted octanol–water partition coefficient (Wildman–Crippen LogP) is 3.61. The van der Waals surface area contributed by atoms with Crippen molar-refractivity contribution in [2.45, 2.75) is 115 Å². The van der Waals surface area contributed by atoms with Gasteiger partial charge in [-0.1, -0.05) is 32.5 Å². The van der Waals surface area contributed by atoms with Crippen LogP contribution < -0.4 is 5.32 Å². The number of quaternary nitrogens is 1. The molecule has 42 heavy (non-hydrogen) atoms. The summed E-state index contributed by atoms with van der Waals surface area (Å²) < 4.78 is -0.874. The number of hydrogen-bond acceptors (Lipinski definition) is 7. The summed E-state index contributed by atoms with van der Waals surface area (Å²) in [6.45, 7) is 8.52. The molecule has 0 aromatic rings. The Labute approximate surface area is 253 Å². The molecule has 0 bridgehead atoms. The fraction of sp³-hybridized carbons (Fsp3) is 0.875. The second-order valence-corrected chi connectivity index (χ2v) is 16.4. The molecule has 1 amide bonds. The molecule has 0 radical (unpaired) electrons. The summed E-state index contributed by atoms with van der Waals surface area (Å²) in [5, 5.41) is 59.0. The molecule has 5 N–H and O–H groups in total. The highest BCUT2D eigenvalue weighted by Gasteiger charge is 2.66. The van der Waals surface area contributed by atoms with Crippen molar-refractivity contribution < 1.29 is 34.7 Å². The number of rotatable bonds is 6. The number of hydrogen-bond donors (Lipinski definition) is 5. The monoisotopic (exact) mass is 606 g/mol. The van der Waals surface area contributed by atoms with Gasteiger partial charge in [0.2, 0.25) is 11.6 Å². The molecule has 10 heteroatoms. The minimum Gasteiger partial charge on any atom is -0.626 e. The van der Waals surface area contributed by atoms with E-state index in [0.29, 0.717) is 36.5 Å². The second-order valence-electron chi connectivity index (χ2n) is 15.3. The van der Waals surface area contributed by atoms with Crippen molar-refractivity contribution in [3.8, 4) is 0 Å². The van der Waals surface area contributed by atoms with E-state index in [9.17, 15) is 35.2 Å². The number of carboxylic acid groups (broad SMARTS) is 1. The number of carboxylic acids is 1. The zero-order chi connectivity index (χ0) is 30.4. The topological polar surface area (TPSA) is 150 Å². The Kier molecular flexibility index (Phi) is 7.87. The third-order valence-corrected chi connectivity index (χ3v) is 15.0. The van der Waals surface area contributed by atoms with E-state index >= 15 is 0 Å². The fourth-order valence-corrected chi connectivity index (χ4v) is 12.5. The Morgan fingerprint density at radius 3 is 2.57 bits per heavy atom. The number of fused-ring (bicyclic) bond motifs is 6. The molecule has 6 rings (SSSR count). The molecule has 5 fully saturated rings. The zero-order valence-corrected chi connectivity index (χ0v) is 26.3. The van der Waals surface area contributed by atoms with Crippen molar-refractivity contribution in [1.29, 1.82) is 0 Å². The van der Waals surface area contributed by atoms with Gasteiger partial charge < -0.3 is 35.6 Å². The van der Waals surface area contributed by atoms with Crippen molar-refractivity contribution in [3.05, 3.63) is 16.5 Å². The van der Waals surface area contributed by atoms with Gasteiger partial charge in [-0.15, -0.1) is 0 Å². The number of aliphatic hydroxyl groups excluding tert-OH is 3. The molecular weight excluding hydrogens is 556 g/mol. The van der Waals surface area contributed by atoms with Gasteiger partial charge in [-0.25, -0.2) is 4.79 Å². The number of hydroxylamine groups is 3. The first kappa shape index (κ1) is 30.8. The first-order chi connectivity index (χ1) is 19.7. The van der Waals surface area contributed by atoms with Gasteiger partial charge in [-0.3, -0.25) is 4.79 Å². The van der Waals surface area contributed by atoms with Crippen molar-refractivity contribution in [2.24, 2.45) is 46.3 Å². The van der Waals surface area contributed by atoms with Crippen LogP contribution in [0.15, 0.2) is 11.3 Å². The predicted molar refractivity (Wildman–Crippen MR) is 159 cm³/mol. The third kappa shape index (κ3) is 4.52. The molecule has 0 aromatic carbocycles. The summed E-state index contributed by atoms with van der Waals surface area (Å²) in [5.74, 6) is 0.660. The smallest absolute Gasteiger partial charge is 0.390 e. The molecule has 0 spiro atoms. The molecule has 6 aliphatic rings. The van der Waals surface area contributed by atoms with Gasteiger partial charge in [0.15, 0.2) is 5.37 Å². The fourth-order valence-electron chi connectivity index (χ4n) is 11.1. The van der Waals surface area contributed by atoms with Crippen molar-refractivity contribution in [1.82, 2.24) is 5.32 Å². The second kappa shape index (κ2) is 10.7. The molecule has 0 aromatic heterocycles. The minimum absolute atomic E-state index is 0.0471. The number of thioether (sulfide) groups is 1. The van der Waals surface area contributed by atoms with Crippen molar-refractivity contribution in [3.63, 3.8) is 0 Å². The van der Waals surface area contributed by atoms with Crippen LogP contribution in [0, 0.1) is 51.5 Å². The van der Waals surface area contributed by atoms with E-state index in [-0.39, 0.29) is 70.7 Å². The average molecular weight is 607 g/mol. The number of amides is 1. The van der Waals surface area contributed by atoms with Crippen molar-refractivity contribution in [2.75, 3.05) is 12.3 Å². The Morgan fingerprint density at radius 1 is 1.12 bits per heavy atom. The molecule has 4 saturated carbocycles. The Bertz CT molecular complexity index is 1150. The summed E-state index contributed by atoms with van der Waals surface area (Å²) in [6, 6.07) is -0.331. The normalized spacial score (nSPS) is 50.5. The van der Waals surface area contributed by atoms with E-state index in [1.165, 1.54) is 11.8 Å². The van der Waals surface area contributed by atoms with Crippen LogP contribution in [0.1, 0.15) is 85.5 Å². The highest BCUT2D eigenvalue weighted by atomic mass is 32.2. The van der Waals surface area contributed by atoms with Gasteiger partial charge in [0.1, 0.15) is 12.6 Å². The first-order valence-electron chi connectivity index (χ1n) is 16.2. The Balaban J connectivity index is 1.08. The largest absolute Gasteiger partial charge is 0.626 e. The molecule has 2 heterocycles. The van der Waals surface area contributed by atoms with Crippen LogP contribution in [0.25, 0.3) is 0 Å². The molecule has 9 nitrogen and oxygen atoms in total. The van der Waals surface area contributed by atoms with Gasteiger partial charge in [-0.05, 0) is 105 Å². The van der Waals surface area contributed by atoms with E-state index in [4.69, 9.17) is 0 Å². The van der Waals surface area contributed by atoms with Crippen LogP contribution in [0.2, 0.25) is 0 Å². The number of carbonyl (C=O) groups excluding carboxylic acids is 1. The molecule has 236 valence electrons. The summed E-state index contributed by atoms with van der Waals surface area (Å²) in [4.78, 5) is 24.7. The zero-order valence-electron chi connectivity index (χ0n) is 25.5. The van der Waals surface area contributed by atoms with E-state index in [1.54, 1.807) is 6.92 Å². The van der Waals surface area contributed by atoms with Crippen molar-refractivity contribution >= 4 is 23.6 Å². The summed E-state index contributed by atoms with van der Waals surface area (Å²) >= 11 is 1.43. The molecule has 14 atom stereocenters. The van der Waals surface area contributed by atoms with Crippen LogP contribution in [0.4, 0.5) is 0 Å². The van der Waals surface area contributed by atoms with Crippen LogP contribution in [0.5, 0.6) is 0 Å². The van der Waals surface area contributed by atoms with E-state index in [1.807, 2.05) is 0 Å². The lowest BCUT2D eigenvalue weighted by Gasteiger charge is -2.63. The maximum Gasteiger partial charge on any atom is 0.390 e. The van der Waals surface area contributed by atoms with Crippen LogP contribution in [-0.2, 0) is 9.59 Å². The lowest BCUT2D eigenvalue weighted by atomic mass is 9.43. The molecular formula is C32H50N2O7S. The average Bonchev–Trinajstić information content (AvgIpc) is 3.26. The molecule has 2 aliphatic heterocycles. The standard InChI is InChI=1S/C32H50N2O7S/c1-16(5-8-26(38)33-23-14-34(41)28(30(39)40)17(2)15-42-29(23)34)20-6-7-21-27-22(13-25(37)32(20,21)4)31(3)10-9-19(35)11-18(31)12-24(27)36/h16,18-25,27,29,35-37H,5-15H2,1-4H3,(H,33,38)(H,39,40)/t16-,18+,19-,20-,21+,22?,23?,24-,25+,27?,29?,31+,32-,34?/m1/s1. The third-order valence-electron chi connectivity index (χ3n) is 13.4. The lowest BCUT2D eigenvalue weighted by molar-refractivity contribution is -0.895. The van der Waals surface area contributed by atoms with Gasteiger partial charge >= 0.3 is 5.97 Å². The van der Waals surface area contributed by atoms with Gasteiger partial charge in [0.05, 0.1) is 18.3 Å². The van der Waals surface area contributed by atoms with Crippen LogP contribution in [-0.4, -0.2) is 79.0 Å². The van der Waals surface area contributed by atoms with E-state index in [2.05, 4.69) is 26.1 Å². The Morgan fingerprint density at radius 2 is 1.86 bits per heavy atom. The maximum absolute atomic E-state index is 13.3. The highest BCUT2D eigenvalue weighted by Crippen LogP contribution is 2.68. The molecule has 4 aliphatic carbocycles. The summed E-state index contributed by atoms with van der Waals surface area (Å²) in [6.07, 6.45) is 5.80. The SMILES string of the molecule is CC1=C(C(=O)O)[N+]2([O-])CC(NC(=O)CC[C@@H](C)[C@H]3CC[C@H]4C5C(C[C@H](O)[C@]34C)[C@@]3(C)CC[C@@H](O)C[C@H]3C[C@H]5O)C2SC1. The van der Waals surface area contributed by atoms with Crippen LogP contribution in [0.3, 0.4) is 0 Å². The van der Waals surface area contributed by atoms with Gasteiger partial charge in [0.25, 0.3) is 0 Å². The van der Waals surface area contributed by atoms with Gasteiger partial charge in [-0.2, -0.15) is 0 Å². The summed E-state index contributed by atoms with van der Waals surface area (Å²) in [7, 11) is 0. The first-order valence-corrected chi connectivity index (χ1v) is 17.2. The van der Waals surface area contributed by atoms with E-state index < -0.39 is 28.2 Å². The van der Waals surface area contributed by atoms with Gasteiger partial charge in [0, 0.05) is 17.7 Å². The number of nitrogens with zero attached hydrogens (tertiary/aromatic N) is 1. The number of aliphatic hydroxyl groups is 3. The molecule has 5 unspecified atom stereocenters. The number of nitrogens with one attached hydrogen (secondary N) is 1. The van der Waals surface area contributed by atoms with Crippen LogP contribution >= 0.6 is 11.8 Å². The highest BCUT2D eigenvalue weighted by molar-refractivity contribution is 8.00. The number of aliphatic carboxylic acids is 1. The Hall–Kier alpha value is -1.17. The van der Waals surface area contributed by atoms with E-state index in [0.717, 1.165) is 38.5 Å². The summed E-state index contributed by atoms with van der Waals surface area (Å²) in [5.41, 5.74) is 0.262. The number of carbonyl (C=O) groups is 2. The maximum atomic E-state index is 13.3. The quantitative estimate of drug-likeness (QED) is 0.227.